The van der Waals surface area contributed by atoms with Crippen molar-refractivity contribution in [1.29, 1.82) is 0 Å². The highest BCUT2D eigenvalue weighted by Gasteiger charge is 2.26. The minimum atomic E-state index is -0.368. The third-order valence-electron chi connectivity index (χ3n) is 3.08. The molecule has 7 heteroatoms. The Morgan fingerprint density at radius 2 is 2.41 bits per heavy atom. The fourth-order valence-electron chi connectivity index (χ4n) is 2.23. The van der Waals surface area contributed by atoms with Crippen LogP contribution in [0.5, 0.6) is 0 Å². The Morgan fingerprint density at radius 1 is 1.65 bits per heavy atom. The first-order valence-electron chi connectivity index (χ1n) is 5.56. The molecule has 4 N–H and O–H groups in total. The molecule has 2 heterocycles. The predicted octanol–water partition coefficient (Wildman–Crippen LogP) is -1.63. The lowest BCUT2D eigenvalue weighted by Crippen LogP contribution is -2.35. The number of hydrazine groups is 1. The number of aliphatic hydroxyl groups excluding tert-OH is 1. The topological polar surface area (TPSA) is 96.4 Å². The van der Waals surface area contributed by atoms with Crippen molar-refractivity contribution in [3.63, 3.8) is 0 Å². The van der Waals surface area contributed by atoms with Gasteiger partial charge in [-0.2, -0.15) is 5.10 Å². The molecule has 0 unspecified atom stereocenters. The lowest BCUT2D eigenvalue weighted by atomic mass is 10.0. The number of aromatic nitrogens is 2. The van der Waals surface area contributed by atoms with E-state index in [1.54, 1.807) is 4.68 Å². The third kappa shape index (κ3) is 2.17. The quantitative estimate of drug-likeness (QED) is 0.334. The monoisotopic (exact) mass is 239 g/mol. The summed E-state index contributed by atoms with van der Waals surface area (Å²) in [5.41, 5.74) is 4.47. The van der Waals surface area contributed by atoms with Gasteiger partial charge in [-0.3, -0.25) is 19.8 Å². The van der Waals surface area contributed by atoms with Gasteiger partial charge in [0.25, 0.3) is 5.91 Å². The maximum Gasteiger partial charge on any atom is 0.286 e. The molecule has 7 nitrogen and oxygen atoms in total. The Balaban J connectivity index is 2.30. The van der Waals surface area contributed by atoms with Crippen LogP contribution in [0.15, 0.2) is 0 Å². The number of nitrogens with zero attached hydrogens (tertiary/aromatic N) is 3. The molecule has 17 heavy (non-hydrogen) atoms. The van der Waals surface area contributed by atoms with Crippen molar-refractivity contribution in [2.75, 3.05) is 19.7 Å². The summed E-state index contributed by atoms with van der Waals surface area (Å²) in [4.78, 5) is 13.7. The highest BCUT2D eigenvalue weighted by Crippen LogP contribution is 2.21. The number of aryl methyl sites for hydroxylation is 1. The molecular formula is C10H17N5O2. The number of carbonyl (C=O) groups excluding carboxylic acids is 1. The molecular weight excluding hydrogens is 222 g/mol. The van der Waals surface area contributed by atoms with Crippen molar-refractivity contribution >= 4 is 5.91 Å². The highest BCUT2D eigenvalue weighted by atomic mass is 16.3. The van der Waals surface area contributed by atoms with Crippen molar-refractivity contribution in [1.82, 2.24) is 20.1 Å². The maximum atomic E-state index is 11.6. The number of nitrogen functional groups attached to an aromatic ring is 1. The summed E-state index contributed by atoms with van der Waals surface area (Å²) < 4.78 is 1.73. The van der Waals surface area contributed by atoms with Crippen LogP contribution in [-0.4, -0.2) is 45.4 Å². The number of nitrogens with one attached hydrogen (secondary N) is 1. The number of hydrogen-bond donors (Lipinski definition) is 3. The number of amides is 1. The molecule has 1 aliphatic rings. The Kier molecular flexibility index (Phi) is 3.41. The van der Waals surface area contributed by atoms with Gasteiger partial charge in [0.1, 0.15) is 0 Å². The molecule has 0 aromatic carbocycles. The predicted molar refractivity (Wildman–Crippen MR) is 60.9 cm³/mol. The molecule has 0 radical (unpaired) electrons. The van der Waals surface area contributed by atoms with Gasteiger partial charge in [-0.15, -0.1) is 0 Å². The summed E-state index contributed by atoms with van der Waals surface area (Å²) in [5, 5.41) is 13.1. The minimum Gasteiger partial charge on any atom is -0.395 e. The van der Waals surface area contributed by atoms with Gasteiger partial charge >= 0.3 is 0 Å². The second-order valence-electron chi connectivity index (χ2n) is 4.12. The molecule has 2 rings (SSSR count). The Bertz CT molecular complexity index is 429. The van der Waals surface area contributed by atoms with Crippen LogP contribution in [0.1, 0.15) is 21.7 Å². The summed E-state index contributed by atoms with van der Waals surface area (Å²) in [7, 11) is 1.83. The molecule has 94 valence electrons. The Hall–Kier alpha value is -1.44. The zero-order valence-electron chi connectivity index (χ0n) is 9.81. The lowest BCUT2D eigenvalue weighted by Gasteiger charge is -2.26. The first-order valence-corrected chi connectivity index (χ1v) is 5.56. The van der Waals surface area contributed by atoms with Crippen molar-refractivity contribution in [2.24, 2.45) is 12.9 Å². The van der Waals surface area contributed by atoms with Gasteiger partial charge in [-0.1, -0.05) is 0 Å². The molecule has 0 atom stereocenters. The fraction of sp³-hybridized carbons (Fsp3) is 0.600. The van der Waals surface area contributed by atoms with E-state index in [4.69, 9.17) is 10.9 Å². The van der Waals surface area contributed by atoms with Gasteiger partial charge in [-0.05, 0) is 0 Å². The first-order chi connectivity index (χ1) is 8.17. The molecule has 1 amide bonds. The van der Waals surface area contributed by atoms with Crippen LogP contribution in [0.25, 0.3) is 0 Å². The van der Waals surface area contributed by atoms with Crippen LogP contribution in [0.3, 0.4) is 0 Å². The lowest BCUT2D eigenvalue weighted by molar-refractivity contribution is 0.0945. The van der Waals surface area contributed by atoms with Crippen LogP contribution in [0.4, 0.5) is 0 Å². The average molecular weight is 239 g/mol. The second-order valence-corrected chi connectivity index (χ2v) is 4.12. The zero-order valence-corrected chi connectivity index (χ0v) is 9.81. The van der Waals surface area contributed by atoms with Gasteiger partial charge in [0.15, 0.2) is 5.69 Å². The number of aliphatic hydroxyl groups is 1. The molecule has 0 saturated heterocycles. The van der Waals surface area contributed by atoms with E-state index in [1.807, 2.05) is 7.05 Å². The van der Waals surface area contributed by atoms with E-state index >= 15 is 0 Å². The van der Waals surface area contributed by atoms with E-state index in [0.29, 0.717) is 18.8 Å². The molecule has 0 saturated carbocycles. The average Bonchev–Trinajstić information content (AvgIpc) is 2.66. The van der Waals surface area contributed by atoms with Gasteiger partial charge in [-0.25, -0.2) is 5.84 Å². The fourth-order valence-corrected chi connectivity index (χ4v) is 2.23. The van der Waals surface area contributed by atoms with Crippen molar-refractivity contribution in [2.45, 2.75) is 13.0 Å². The summed E-state index contributed by atoms with van der Waals surface area (Å²) in [6.07, 6.45) is 0.830. The standard InChI is InChI=1S/C10H17N5O2/c1-14-8-2-3-15(4-5-16)6-7(8)9(13-14)10(17)12-11/h16H,2-6,11H2,1H3,(H,12,17). The molecule has 0 fully saturated rings. The van der Waals surface area contributed by atoms with Gasteiger partial charge in [0.05, 0.1) is 6.61 Å². The molecule has 0 spiro atoms. The third-order valence-corrected chi connectivity index (χ3v) is 3.08. The van der Waals surface area contributed by atoms with Gasteiger partial charge in [0, 0.05) is 44.4 Å². The Labute approximate surface area is 99.2 Å². The van der Waals surface area contributed by atoms with E-state index < -0.39 is 0 Å². The van der Waals surface area contributed by atoms with Crippen molar-refractivity contribution in [3.05, 3.63) is 17.0 Å². The molecule has 1 aliphatic heterocycles. The van der Waals surface area contributed by atoms with Crippen molar-refractivity contribution < 1.29 is 9.90 Å². The summed E-state index contributed by atoms with van der Waals surface area (Å²) in [5.74, 6) is 4.77. The van der Waals surface area contributed by atoms with Gasteiger partial charge < -0.3 is 5.11 Å². The van der Waals surface area contributed by atoms with Crippen LogP contribution < -0.4 is 11.3 Å². The highest BCUT2D eigenvalue weighted by molar-refractivity contribution is 5.93. The van der Waals surface area contributed by atoms with E-state index in [-0.39, 0.29) is 12.5 Å². The van der Waals surface area contributed by atoms with Gasteiger partial charge in [0.2, 0.25) is 0 Å². The summed E-state index contributed by atoms with van der Waals surface area (Å²) >= 11 is 0. The van der Waals surface area contributed by atoms with Crippen molar-refractivity contribution in [3.8, 4) is 0 Å². The van der Waals surface area contributed by atoms with Crippen LogP contribution in [-0.2, 0) is 20.0 Å². The van der Waals surface area contributed by atoms with Crippen LogP contribution in [0, 0.1) is 0 Å². The number of nitrogens with two attached hydrogens (primary N) is 1. The number of carbonyl (C=O) groups is 1. The summed E-state index contributed by atoms with van der Waals surface area (Å²) in [6.45, 7) is 2.23. The van der Waals surface area contributed by atoms with E-state index in [0.717, 1.165) is 24.2 Å². The molecule has 0 aliphatic carbocycles. The van der Waals surface area contributed by atoms with E-state index in [1.165, 1.54) is 0 Å². The maximum absolute atomic E-state index is 11.6. The smallest absolute Gasteiger partial charge is 0.286 e. The number of rotatable bonds is 3. The first kappa shape index (κ1) is 12.0. The number of fused-ring (bicyclic) bond motifs is 1. The zero-order chi connectivity index (χ0) is 12.4. The number of hydrogen-bond acceptors (Lipinski definition) is 5. The largest absolute Gasteiger partial charge is 0.395 e. The molecule has 1 aromatic rings. The van der Waals surface area contributed by atoms with E-state index in [9.17, 15) is 4.79 Å². The van der Waals surface area contributed by atoms with Crippen LogP contribution >= 0.6 is 0 Å². The molecule has 0 bridgehead atoms. The van der Waals surface area contributed by atoms with Crippen LogP contribution in [0.2, 0.25) is 0 Å². The second kappa shape index (κ2) is 4.82. The SMILES string of the molecule is Cn1nc(C(=O)NN)c2c1CCN(CCO)C2. The molecule has 1 aromatic heterocycles. The summed E-state index contributed by atoms with van der Waals surface area (Å²) in [6, 6.07) is 0. The Morgan fingerprint density at radius 3 is 3.06 bits per heavy atom. The number of β-amino-alcohol motifs (C(OH)–C–C–N with tert-alkyl or cyclic N) is 1. The minimum absolute atomic E-state index is 0.119. The van der Waals surface area contributed by atoms with E-state index in [2.05, 4.69) is 15.4 Å². The normalized spacial score (nSPS) is 15.7.